The van der Waals surface area contributed by atoms with Gasteiger partial charge in [0.1, 0.15) is 5.82 Å². The number of aromatic nitrogens is 1. The lowest BCUT2D eigenvalue weighted by atomic mass is 9.68. The first kappa shape index (κ1) is 35.6. The molecule has 3 aliphatic carbocycles. The number of carbonyl (C=O) groups excluding carboxylic acids is 1. The van der Waals surface area contributed by atoms with E-state index in [1.165, 1.54) is 110 Å². The molecule has 48 heavy (non-hydrogen) atoms. The van der Waals surface area contributed by atoms with Gasteiger partial charge in [0, 0.05) is 34.8 Å². The van der Waals surface area contributed by atoms with Crippen molar-refractivity contribution in [3.63, 3.8) is 0 Å². The summed E-state index contributed by atoms with van der Waals surface area (Å²) in [6.45, 7) is 11.3. The maximum atomic E-state index is 13.2. The maximum Gasteiger partial charge on any atom is 0.193 e. The summed E-state index contributed by atoms with van der Waals surface area (Å²) in [4.78, 5) is 12.9. The van der Waals surface area contributed by atoms with E-state index < -0.39 is 0 Å². The van der Waals surface area contributed by atoms with Gasteiger partial charge in [0.05, 0.1) is 0 Å². The van der Waals surface area contributed by atoms with Crippen molar-refractivity contribution in [1.29, 1.82) is 0 Å². The number of hydrogen-bond acceptors (Lipinski definition) is 1. The van der Waals surface area contributed by atoms with Gasteiger partial charge in [-0.3, -0.25) is 4.79 Å². The number of hydrogen-bond donors (Lipinski definition) is 0. The molecule has 0 bridgehead atoms. The highest BCUT2D eigenvalue weighted by atomic mass is 19.1. The first-order chi connectivity index (χ1) is 23.4. The van der Waals surface area contributed by atoms with Gasteiger partial charge >= 0.3 is 0 Å². The Labute approximate surface area is 289 Å². The predicted octanol–water partition coefficient (Wildman–Crippen LogP) is 12.6. The molecule has 2 nitrogen and oxygen atoms in total. The lowest BCUT2D eigenvalue weighted by molar-refractivity contribution is 0.103. The molecule has 3 saturated carbocycles. The van der Waals surface area contributed by atoms with E-state index in [0.717, 1.165) is 37.1 Å². The van der Waals surface area contributed by atoms with Gasteiger partial charge in [0.2, 0.25) is 0 Å². The lowest BCUT2D eigenvalue weighted by Gasteiger charge is -2.37. The first-order valence-electron chi connectivity index (χ1n) is 18.7. The van der Waals surface area contributed by atoms with E-state index in [0.29, 0.717) is 17.0 Å². The molecule has 0 atom stereocenters. The third-order valence-electron chi connectivity index (χ3n) is 11.0. The second-order valence-electron chi connectivity index (χ2n) is 14.7. The summed E-state index contributed by atoms with van der Waals surface area (Å²) in [5.41, 5.74) is 9.45. The Kier molecular flexibility index (Phi) is 13.1. The summed E-state index contributed by atoms with van der Waals surface area (Å²) in [6.07, 6.45) is 21.3. The van der Waals surface area contributed by atoms with Crippen molar-refractivity contribution >= 4 is 16.7 Å². The number of halogens is 1. The largest absolute Gasteiger partial charge is 0.347 e. The second-order valence-corrected chi connectivity index (χ2v) is 14.7. The Bertz CT molecular complexity index is 1660. The van der Waals surface area contributed by atoms with Crippen LogP contribution in [0.2, 0.25) is 0 Å². The minimum Gasteiger partial charge on any atom is -0.347 e. The van der Waals surface area contributed by atoms with E-state index in [2.05, 4.69) is 80.2 Å². The van der Waals surface area contributed by atoms with Gasteiger partial charge in [-0.15, -0.1) is 5.73 Å². The van der Waals surface area contributed by atoms with Gasteiger partial charge in [-0.2, -0.15) is 0 Å². The third-order valence-corrected chi connectivity index (χ3v) is 11.0. The molecular formula is C45H56FNO. The molecule has 4 aromatic rings. The van der Waals surface area contributed by atoms with Gasteiger partial charge < -0.3 is 4.57 Å². The van der Waals surface area contributed by atoms with Gasteiger partial charge in [0.15, 0.2) is 5.78 Å². The van der Waals surface area contributed by atoms with E-state index in [4.69, 9.17) is 0 Å². The fourth-order valence-electron chi connectivity index (χ4n) is 7.34. The quantitative estimate of drug-likeness (QED) is 0.117. The van der Waals surface area contributed by atoms with Crippen molar-refractivity contribution in [2.24, 2.45) is 17.8 Å². The summed E-state index contributed by atoms with van der Waals surface area (Å²) in [6, 6.07) is 20.9. The van der Waals surface area contributed by atoms with E-state index in [9.17, 15) is 9.18 Å². The highest BCUT2D eigenvalue weighted by molar-refractivity contribution is 6.09. The van der Waals surface area contributed by atoms with E-state index in [1.54, 1.807) is 12.1 Å². The molecule has 0 spiro atoms. The van der Waals surface area contributed by atoms with Gasteiger partial charge in [0.25, 0.3) is 0 Å². The van der Waals surface area contributed by atoms with Crippen molar-refractivity contribution in [3.05, 3.63) is 125 Å². The zero-order valence-corrected chi connectivity index (χ0v) is 29.7. The third kappa shape index (κ3) is 9.48. The Morgan fingerprint density at radius 1 is 0.958 bits per heavy atom. The van der Waals surface area contributed by atoms with Crippen LogP contribution in [0.25, 0.3) is 10.9 Å². The van der Waals surface area contributed by atoms with Crippen LogP contribution >= 0.6 is 0 Å². The molecule has 0 N–H and O–H groups in total. The average Bonchev–Trinajstić information content (AvgIpc) is 3.46. The van der Waals surface area contributed by atoms with Crippen LogP contribution in [0, 0.1) is 30.5 Å². The molecule has 254 valence electrons. The predicted molar refractivity (Wildman–Crippen MR) is 200 cm³/mol. The number of carbonyl (C=O) groups is 1. The molecule has 0 amide bonds. The van der Waals surface area contributed by atoms with E-state index >= 15 is 0 Å². The van der Waals surface area contributed by atoms with Crippen LogP contribution in [0.15, 0.2) is 91.3 Å². The Morgan fingerprint density at radius 2 is 1.67 bits per heavy atom. The fraction of sp³-hybridized carbons (Fsp3) is 0.467. The summed E-state index contributed by atoms with van der Waals surface area (Å²) in [5, 5.41) is 1.36. The standard InChI is InChI=1S/C32H34FNO.C8H12.C5H10/c1-3-6-25-21-26(32(35)24-10-13-28(33)14-11-24)12-15-30(25)27-19-23(20-27)8-5-17-34-18-16-29-22(2)7-4-9-31(29)34;1-2-3-5-8-6-4-7-8;1-5-3-2-4-5/h4,7,9-16,18,21,23,27H,3,5-6,8,17,19-20H2,1-2H3;3,8H,1,4-7H2;5H,2-4H2,1H3. The molecule has 3 fully saturated rings. The molecule has 3 aliphatic rings. The molecular weight excluding hydrogens is 589 g/mol. The lowest BCUT2D eigenvalue weighted by Crippen LogP contribution is -2.23. The van der Waals surface area contributed by atoms with Crippen molar-refractivity contribution in [2.45, 2.75) is 117 Å². The molecule has 0 saturated heterocycles. The number of ketones is 1. The Morgan fingerprint density at radius 3 is 2.29 bits per heavy atom. The highest BCUT2D eigenvalue weighted by Gasteiger charge is 2.31. The van der Waals surface area contributed by atoms with Gasteiger partial charge in [-0.25, -0.2) is 4.39 Å². The molecule has 1 heterocycles. The Hall–Kier alpha value is -3.68. The molecule has 3 aromatic carbocycles. The summed E-state index contributed by atoms with van der Waals surface area (Å²) < 4.78 is 15.6. The number of fused-ring (bicyclic) bond motifs is 1. The molecule has 0 radical (unpaired) electrons. The summed E-state index contributed by atoms with van der Waals surface area (Å²) in [5.74, 6) is 3.08. The van der Waals surface area contributed by atoms with Gasteiger partial charge in [-0.1, -0.05) is 89.6 Å². The smallest absolute Gasteiger partial charge is 0.193 e. The van der Waals surface area contributed by atoms with Crippen LogP contribution in [0.1, 0.15) is 129 Å². The maximum absolute atomic E-state index is 13.2. The number of benzene rings is 3. The number of nitrogens with zero attached hydrogens (tertiary/aromatic N) is 1. The van der Waals surface area contributed by atoms with Crippen molar-refractivity contribution in [3.8, 4) is 0 Å². The van der Waals surface area contributed by atoms with Crippen LogP contribution in [0.4, 0.5) is 4.39 Å². The van der Waals surface area contributed by atoms with E-state index in [1.807, 2.05) is 12.1 Å². The topological polar surface area (TPSA) is 22.0 Å². The normalized spacial score (nSPS) is 18.6. The first-order valence-corrected chi connectivity index (χ1v) is 18.7. The zero-order chi connectivity index (χ0) is 33.9. The van der Waals surface area contributed by atoms with Gasteiger partial charge in [-0.05, 0) is 134 Å². The molecule has 1 aromatic heterocycles. The molecule has 3 heteroatoms. The van der Waals surface area contributed by atoms with E-state index in [-0.39, 0.29) is 11.6 Å². The van der Waals surface area contributed by atoms with Crippen LogP contribution in [-0.2, 0) is 13.0 Å². The highest BCUT2D eigenvalue weighted by Crippen LogP contribution is 2.45. The fourth-order valence-corrected chi connectivity index (χ4v) is 7.34. The second kappa shape index (κ2) is 17.6. The van der Waals surface area contributed by atoms with Crippen LogP contribution in [0.5, 0.6) is 0 Å². The summed E-state index contributed by atoms with van der Waals surface area (Å²) >= 11 is 0. The molecule has 0 unspecified atom stereocenters. The van der Waals surface area contributed by atoms with Crippen molar-refractivity contribution in [2.75, 3.05) is 0 Å². The SMILES string of the molecule is C=C=CCC1CCC1.CC1CCC1.CCCc1cc(C(=O)c2ccc(F)cc2)ccc1C1CC(CCCn2ccc3c(C)cccc32)C1. The number of allylic oxidation sites excluding steroid dienone is 1. The molecule has 7 rings (SSSR count). The van der Waals surface area contributed by atoms with Crippen LogP contribution in [-0.4, -0.2) is 10.4 Å². The zero-order valence-electron chi connectivity index (χ0n) is 29.7. The average molecular weight is 646 g/mol. The number of rotatable bonds is 11. The molecule has 0 aliphatic heterocycles. The minimum absolute atomic E-state index is 0.0341. The van der Waals surface area contributed by atoms with Crippen molar-refractivity contribution < 1.29 is 9.18 Å². The monoisotopic (exact) mass is 645 g/mol. The Balaban J connectivity index is 0.000000287. The van der Waals surface area contributed by atoms with Crippen LogP contribution < -0.4 is 0 Å². The number of aryl methyl sites for hydroxylation is 3. The van der Waals surface area contributed by atoms with Crippen LogP contribution in [0.3, 0.4) is 0 Å². The van der Waals surface area contributed by atoms with Crippen molar-refractivity contribution in [1.82, 2.24) is 4.57 Å². The summed E-state index contributed by atoms with van der Waals surface area (Å²) in [7, 11) is 0. The minimum atomic E-state index is -0.320.